The number of hydrogen-bond donors (Lipinski definition) is 2. The van der Waals surface area contributed by atoms with Crippen molar-refractivity contribution in [2.24, 2.45) is 10.5 Å². The highest BCUT2D eigenvalue weighted by molar-refractivity contribution is 6.09. The molecule has 1 amide bonds. The first-order chi connectivity index (χ1) is 15.2. The maximum absolute atomic E-state index is 12.9. The first-order valence-corrected chi connectivity index (χ1v) is 10.3. The molecule has 0 saturated heterocycles. The van der Waals surface area contributed by atoms with Crippen molar-refractivity contribution in [3.05, 3.63) is 87.4 Å². The minimum absolute atomic E-state index is 0.0401. The Morgan fingerprint density at radius 1 is 1.06 bits per heavy atom. The highest BCUT2D eigenvalue weighted by Crippen LogP contribution is 2.39. The van der Waals surface area contributed by atoms with Gasteiger partial charge < -0.3 is 9.73 Å². The molecule has 3 aromatic rings. The number of rotatable bonds is 5. The van der Waals surface area contributed by atoms with Gasteiger partial charge in [0.05, 0.1) is 16.3 Å². The van der Waals surface area contributed by atoms with E-state index in [0.29, 0.717) is 12.1 Å². The van der Waals surface area contributed by atoms with Crippen LogP contribution < -0.4 is 10.7 Å². The van der Waals surface area contributed by atoms with E-state index >= 15 is 0 Å². The van der Waals surface area contributed by atoms with Crippen molar-refractivity contribution in [2.75, 3.05) is 10.7 Å². The van der Waals surface area contributed by atoms with Crippen LogP contribution in [0, 0.1) is 22.5 Å². The van der Waals surface area contributed by atoms with Crippen LogP contribution in [0.15, 0.2) is 64.1 Å². The van der Waals surface area contributed by atoms with Gasteiger partial charge in [-0.05, 0) is 43.0 Å². The number of carbonyl (C=O) groups excluding carboxylic acids is 1. The molecule has 0 radical (unpaired) electrons. The zero-order valence-electron chi connectivity index (χ0n) is 18.1. The van der Waals surface area contributed by atoms with Gasteiger partial charge in [-0.3, -0.25) is 20.3 Å². The summed E-state index contributed by atoms with van der Waals surface area (Å²) in [7, 11) is 0. The smallest absolute Gasteiger partial charge is 0.291 e. The average molecular weight is 432 g/mol. The predicted molar refractivity (Wildman–Crippen MR) is 123 cm³/mol. The van der Waals surface area contributed by atoms with Crippen molar-refractivity contribution in [1.82, 2.24) is 0 Å². The van der Waals surface area contributed by atoms with Crippen LogP contribution in [0.3, 0.4) is 0 Å². The molecule has 8 heteroatoms. The third-order valence-electron chi connectivity index (χ3n) is 5.43. The molecule has 0 atom stereocenters. The van der Waals surface area contributed by atoms with E-state index in [4.69, 9.17) is 4.42 Å². The number of hydrazone groups is 1. The molecule has 0 unspecified atom stereocenters. The van der Waals surface area contributed by atoms with Gasteiger partial charge in [0.2, 0.25) is 0 Å². The number of benzene rings is 2. The lowest BCUT2D eigenvalue weighted by atomic mass is 9.75. The molecule has 1 heterocycles. The van der Waals surface area contributed by atoms with Crippen LogP contribution >= 0.6 is 0 Å². The minimum Gasteiger partial charge on any atom is -0.455 e. The fraction of sp³-hybridized carbons (Fsp3) is 0.250. The fourth-order valence-electron chi connectivity index (χ4n) is 3.93. The Balaban J connectivity index is 1.63. The molecule has 0 bridgehead atoms. The molecule has 2 N–H and O–H groups in total. The molecule has 2 aromatic carbocycles. The Hall–Kier alpha value is -3.94. The van der Waals surface area contributed by atoms with Crippen LogP contribution in [-0.4, -0.2) is 16.5 Å². The number of nitrogens with zero attached hydrogens (tertiary/aromatic N) is 2. The van der Waals surface area contributed by atoms with Crippen molar-refractivity contribution in [3.8, 4) is 0 Å². The molecule has 32 heavy (non-hydrogen) atoms. The van der Waals surface area contributed by atoms with Crippen LogP contribution in [0.1, 0.15) is 47.7 Å². The van der Waals surface area contributed by atoms with E-state index in [1.807, 2.05) is 37.3 Å². The maximum atomic E-state index is 12.9. The second-order valence-electron chi connectivity index (χ2n) is 8.67. The van der Waals surface area contributed by atoms with Gasteiger partial charge in [0.1, 0.15) is 5.76 Å². The van der Waals surface area contributed by atoms with E-state index in [1.165, 1.54) is 24.3 Å². The summed E-state index contributed by atoms with van der Waals surface area (Å²) in [5.41, 5.74) is 6.76. The van der Waals surface area contributed by atoms with E-state index in [2.05, 4.69) is 29.7 Å². The summed E-state index contributed by atoms with van der Waals surface area (Å²) in [6, 6.07) is 15.4. The highest BCUT2D eigenvalue weighted by Gasteiger charge is 2.36. The summed E-state index contributed by atoms with van der Waals surface area (Å²) in [6.07, 6.45) is 1.43. The van der Waals surface area contributed by atoms with Gasteiger partial charge >= 0.3 is 0 Å². The number of nitrogens with one attached hydrogen (secondary N) is 2. The highest BCUT2D eigenvalue weighted by atomic mass is 16.6. The number of hydrogen-bond acceptors (Lipinski definition) is 6. The Bertz CT molecular complexity index is 1190. The third kappa shape index (κ3) is 4.39. The third-order valence-corrected chi connectivity index (χ3v) is 5.43. The number of non-ortho nitro benzene ring substituents is 1. The van der Waals surface area contributed by atoms with Crippen molar-refractivity contribution < 1.29 is 14.1 Å². The molecule has 4 rings (SSSR count). The Kier molecular flexibility index (Phi) is 5.52. The molecule has 1 aliphatic carbocycles. The average Bonchev–Trinajstić information content (AvgIpc) is 3.08. The van der Waals surface area contributed by atoms with E-state index in [9.17, 15) is 14.9 Å². The van der Waals surface area contributed by atoms with Crippen LogP contribution in [0.5, 0.6) is 0 Å². The van der Waals surface area contributed by atoms with Crippen LogP contribution in [-0.2, 0) is 6.42 Å². The van der Waals surface area contributed by atoms with Gasteiger partial charge in [0, 0.05) is 35.4 Å². The second kappa shape index (κ2) is 8.30. The molecule has 164 valence electrons. The second-order valence-corrected chi connectivity index (χ2v) is 8.67. The summed E-state index contributed by atoms with van der Waals surface area (Å²) >= 11 is 0. The molecule has 0 spiro atoms. The van der Waals surface area contributed by atoms with Gasteiger partial charge in [0.25, 0.3) is 11.6 Å². The lowest BCUT2D eigenvalue weighted by molar-refractivity contribution is -0.384. The zero-order valence-corrected chi connectivity index (χ0v) is 18.1. The number of nitro benzene ring substituents is 1. The Labute approximate surface area is 185 Å². The number of carbonyl (C=O) groups is 1. The van der Waals surface area contributed by atoms with Crippen molar-refractivity contribution in [3.63, 3.8) is 0 Å². The topological polar surface area (TPSA) is 110 Å². The van der Waals surface area contributed by atoms with Gasteiger partial charge in [-0.25, -0.2) is 0 Å². The summed E-state index contributed by atoms with van der Waals surface area (Å²) in [5.74, 6) is 0.554. The number of fused-ring (bicyclic) bond motifs is 1. The van der Waals surface area contributed by atoms with Gasteiger partial charge in [-0.2, -0.15) is 5.10 Å². The minimum atomic E-state index is -0.484. The van der Waals surface area contributed by atoms with Crippen LogP contribution in [0.25, 0.3) is 0 Å². The van der Waals surface area contributed by atoms with Gasteiger partial charge in [-0.1, -0.05) is 32.0 Å². The normalized spacial score (nSPS) is 15.8. The Morgan fingerprint density at radius 3 is 2.41 bits per heavy atom. The van der Waals surface area contributed by atoms with E-state index in [1.54, 1.807) is 0 Å². The molecule has 0 fully saturated rings. The summed E-state index contributed by atoms with van der Waals surface area (Å²) in [4.78, 5) is 23.3. The molecular weight excluding hydrogens is 408 g/mol. The molecule has 1 aliphatic rings. The molecule has 0 saturated carbocycles. The Morgan fingerprint density at radius 2 is 1.75 bits per heavy atom. The first-order valence-electron chi connectivity index (χ1n) is 10.3. The summed E-state index contributed by atoms with van der Waals surface area (Å²) in [6.45, 7) is 6.13. The predicted octanol–water partition coefficient (Wildman–Crippen LogP) is 5.54. The SMILES string of the molecule is Cc1c(C(=O)Nc2ccc([N+](=O)[O-])cc2)oc2c1/C(=N\Nc1ccccc1)CC(C)(C)C2. The standard InChI is InChI=1S/C24H24N4O4/c1-15-21-19(27-26-17-7-5-4-6-8-17)13-24(2,3)14-20(21)32-22(15)23(29)25-16-9-11-18(12-10-16)28(30)31/h4-12,26H,13-14H2,1-3H3,(H,25,29)/b27-19-. The first kappa shape index (κ1) is 21.3. The van der Waals surface area contributed by atoms with E-state index in [0.717, 1.165) is 34.7 Å². The monoisotopic (exact) mass is 432 g/mol. The number of anilines is 2. The number of amides is 1. The quantitative estimate of drug-likeness (QED) is 0.406. The van der Waals surface area contributed by atoms with Crippen molar-refractivity contribution >= 4 is 28.7 Å². The molecule has 8 nitrogen and oxygen atoms in total. The lowest BCUT2D eigenvalue weighted by Crippen LogP contribution is -2.27. The van der Waals surface area contributed by atoms with E-state index in [-0.39, 0.29) is 16.9 Å². The molecule has 1 aromatic heterocycles. The molecular formula is C24H24N4O4. The van der Waals surface area contributed by atoms with Crippen molar-refractivity contribution in [1.29, 1.82) is 0 Å². The van der Waals surface area contributed by atoms with Crippen LogP contribution in [0.2, 0.25) is 0 Å². The summed E-state index contributed by atoms with van der Waals surface area (Å²) in [5, 5.41) is 18.2. The van der Waals surface area contributed by atoms with Crippen LogP contribution in [0.4, 0.5) is 17.1 Å². The number of furan rings is 1. The lowest BCUT2D eigenvalue weighted by Gasteiger charge is -2.29. The van der Waals surface area contributed by atoms with Gasteiger partial charge in [0.15, 0.2) is 5.76 Å². The molecule has 0 aliphatic heterocycles. The maximum Gasteiger partial charge on any atom is 0.291 e. The summed E-state index contributed by atoms with van der Waals surface area (Å²) < 4.78 is 6.02. The zero-order chi connectivity index (χ0) is 22.9. The van der Waals surface area contributed by atoms with Crippen molar-refractivity contribution in [2.45, 2.75) is 33.6 Å². The largest absolute Gasteiger partial charge is 0.455 e. The number of nitro groups is 1. The van der Waals surface area contributed by atoms with E-state index < -0.39 is 10.8 Å². The van der Waals surface area contributed by atoms with Gasteiger partial charge in [-0.15, -0.1) is 0 Å². The number of para-hydroxylation sites is 1. The fourth-order valence-corrected chi connectivity index (χ4v) is 3.93.